The fourth-order valence-corrected chi connectivity index (χ4v) is 5.12. The van der Waals surface area contributed by atoms with E-state index in [-0.39, 0.29) is 23.5 Å². The van der Waals surface area contributed by atoms with Gasteiger partial charge in [0.2, 0.25) is 5.91 Å². The fourth-order valence-electron chi connectivity index (χ4n) is 5.12. The molecule has 0 N–H and O–H groups in total. The van der Waals surface area contributed by atoms with Crippen LogP contribution < -0.4 is 4.74 Å². The van der Waals surface area contributed by atoms with E-state index in [1.54, 1.807) is 7.11 Å². The topological polar surface area (TPSA) is 48.0 Å². The number of hydrogen-bond acceptors (Lipinski definition) is 4. The van der Waals surface area contributed by atoms with Gasteiger partial charge in [0.1, 0.15) is 5.75 Å². The molecule has 1 aromatic carbocycles. The molecular weight excluding hydrogens is 330 g/mol. The van der Waals surface area contributed by atoms with Gasteiger partial charge in [-0.2, -0.15) is 0 Å². The molecule has 2 saturated heterocycles. The van der Waals surface area contributed by atoms with Crippen molar-refractivity contribution in [2.45, 2.75) is 62.9 Å². The van der Waals surface area contributed by atoms with Crippen LogP contribution in [0.4, 0.5) is 0 Å². The first-order chi connectivity index (χ1) is 12.4. The summed E-state index contributed by atoms with van der Waals surface area (Å²) in [6, 6.07) is 6.43. The molecule has 0 radical (unpaired) electrons. The number of carbonyl (C=O) groups excluding carboxylic acids is 1. The molecule has 5 nitrogen and oxygen atoms in total. The van der Waals surface area contributed by atoms with Crippen LogP contribution in [-0.2, 0) is 26.1 Å². The molecule has 1 saturated carbocycles. The predicted octanol–water partition coefficient (Wildman–Crippen LogP) is 2.65. The maximum atomic E-state index is 12.9. The Morgan fingerprint density at radius 2 is 2.12 bits per heavy atom. The largest absolute Gasteiger partial charge is 0.497 e. The highest BCUT2D eigenvalue weighted by Crippen LogP contribution is 2.52. The van der Waals surface area contributed by atoms with E-state index >= 15 is 0 Å². The molecule has 140 valence electrons. The van der Waals surface area contributed by atoms with E-state index in [4.69, 9.17) is 14.2 Å². The second-order valence-corrected chi connectivity index (χ2v) is 8.73. The standard InChI is InChI=1S/C21H27NO4/c1-20(2)25-12-21-8-9-22(19(23)13-4-5-13)17(18(21)26-20)10-14-6-7-15(24-3)11-16(14)21/h6-7,11,13,17-18H,4-5,8-10,12H2,1-3H3/t17-,18+,21-/m1/s1. The van der Waals surface area contributed by atoms with Crippen molar-refractivity contribution in [3.8, 4) is 5.75 Å². The molecule has 0 spiro atoms. The number of rotatable bonds is 2. The lowest BCUT2D eigenvalue weighted by molar-refractivity contribution is -0.320. The zero-order valence-electron chi connectivity index (χ0n) is 15.8. The average Bonchev–Trinajstić information content (AvgIpc) is 3.45. The first kappa shape index (κ1) is 16.6. The summed E-state index contributed by atoms with van der Waals surface area (Å²) in [6.45, 7) is 5.38. The normalized spacial score (nSPS) is 34.7. The number of benzene rings is 1. The van der Waals surface area contributed by atoms with Crippen LogP contribution in [0.25, 0.3) is 0 Å². The molecule has 2 heterocycles. The van der Waals surface area contributed by atoms with Crippen molar-refractivity contribution in [1.82, 2.24) is 4.90 Å². The van der Waals surface area contributed by atoms with E-state index in [0.717, 1.165) is 38.0 Å². The summed E-state index contributed by atoms with van der Waals surface area (Å²) in [7, 11) is 1.70. The molecule has 0 unspecified atom stereocenters. The third-order valence-electron chi connectivity index (χ3n) is 6.67. The third kappa shape index (κ3) is 2.33. The molecule has 1 amide bonds. The van der Waals surface area contributed by atoms with Crippen molar-refractivity contribution in [2.75, 3.05) is 20.3 Å². The number of piperidine rings is 1. The molecule has 0 aromatic heterocycles. The molecule has 2 aliphatic carbocycles. The van der Waals surface area contributed by atoms with Crippen LogP contribution >= 0.6 is 0 Å². The summed E-state index contributed by atoms with van der Waals surface area (Å²) in [4.78, 5) is 15.0. The number of carbonyl (C=O) groups is 1. The van der Waals surface area contributed by atoms with Gasteiger partial charge in [0.15, 0.2) is 5.79 Å². The summed E-state index contributed by atoms with van der Waals surface area (Å²) >= 11 is 0. The minimum Gasteiger partial charge on any atom is -0.497 e. The van der Waals surface area contributed by atoms with Gasteiger partial charge in [-0.05, 0) is 62.8 Å². The van der Waals surface area contributed by atoms with Crippen molar-refractivity contribution < 1.29 is 19.0 Å². The molecule has 5 heteroatoms. The lowest BCUT2D eigenvalue weighted by Crippen LogP contribution is -2.70. The highest BCUT2D eigenvalue weighted by molar-refractivity contribution is 5.82. The minimum atomic E-state index is -0.617. The monoisotopic (exact) mass is 357 g/mol. The molecule has 2 bridgehead atoms. The number of hydrogen-bond donors (Lipinski definition) is 0. The van der Waals surface area contributed by atoms with Gasteiger partial charge in [0, 0.05) is 17.9 Å². The summed E-state index contributed by atoms with van der Waals surface area (Å²) in [5.41, 5.74) is 2.39. The Balaban J connectivity index is 1.61. The number of nitrogens with zero attached hydrogens (tertiary/aromatic N) is 1. The Bertz CT molecular complexity index is 756. The van der Waals surface area contributed by atoms with Gasteiger partial charge in [0.05, 0.1) is 25.9 Å². The van der Waals surface area contributed by atoms with Crippen LogP contribution in [0, 0.1) is 5.92 Å². The number of likely N-dealkylation sites (tertiary alicyclic amines) is 1. The van der Waals surface area contributed by atoms with Crippen molar-refractivity contribution in [2.24, 2.45) is 5.92 Å². The Hall–Kier alpha value is -1.59. The first-order valence-corrected chi connectivity index (χ1v) is 9.73. The molecule has 5 rings (SSSR count). The lowest BCUT2D eigenvalue weighted by Gasteiger charge is -2.60. The lowest BCUT2D eigenvalue weighted by atomic mass is 9.61. The zero-order valence-corrected chi connectivity index (χ0v) is 15.8. The Kier molecular flexibility index (Phi) is 3.48. The summed E-state index contributed by atoms with van der Waals surface area (Å²) in [5.74, 6) is 0.826. The highest BCUT2D eigenvalue weighted by Gasteiger charge is 2.60. The van der Waals surface area contributed by atoms with E-state index < -0.39 is 5.79 Å². The SMILES string of the molecule is COc1ccc2c(c1)[C@]13CCN(C(=O)C4CC4)[C@H](C2)[C@@H]1OC(C)(C)OC3. The van der Waals surface area contributed by atoms with Crippen LogP contribution in [0.15, 0.2) is 18.2 Å². The van der Waals surface area contributed by atoms with Crippen molar-refractivity contribution in [3.63, 3.8) is 0 Å². The predicted molar refractivity (Wildman–Crippen MR) is 96.1 cm³/mol. The van der Waals surface area contributed by atoms with Crippen molar-refractivity contribution >= 4 is 5.91 Å². The van der Waals surface area contributed by atoms with E-state index in [0.29, 0.717) is 12.5 Å². The zero-order chi connectivity index (χ0) is 18.1. The number of fused-ring (bicyclic) bond motifs is 1. The van der Waals surface area contributed by atoms with Crippen LogP contribution in [0.1, 0.15) is 44.2 Å². The molecule has 26 heavy (non-hydrogen) atoms. The van der Waals surface area contributed by atoms with Gasteiger partial charge in [-0.3, -0.25) is 4.79 Å². The molecule has 4 aliphatic rings. The van der Waals surface area contributed by atoms with Crippen LogP contribution in [0.2, 0.25) is 0 Å². The minimum absolute atomic E-state index is 0.0256. The Morgan fingerprint density at radius 3 is 2.85 bits per heavy atom. The van der Waals surface area contributed by atoms with Gasteiger partial charge in [-0.1, -0.05) is 6.07 Å². The summed E-state index contributed by atoms with van der Waals surface area (Å²) < 4.78 is 18.1. The second-order valence-electron chi connectivity index (χ2n) is 8.73. The molecule has 2 aliphatic heterocycles. The molecule has 1 aromatic rings. The quantitative estimate of drug-likeness (QED) is 0.816. The van der Waals surface area contributed by atoms with Gasteiger partial charge in [-0.25, -0.2) is 0 Å². The molecular formula is C21H27NO4. The maximum absolute atomic E-state index is 12.9. The Labute approximate surface area is 154 Å². The third-order valence-corrected chi connectivity index (χ3v) is 6.67. The van der Waals surface area contributed by atoms with E-state index in [1.807, 2.05) is 19.9 Å². The van der Waals surface area contributed by atoms with Crippen LogP contribution in [-0.4, -0.2) is 49.0 Å². The van der Waals surface area contributed by atoms with Gasteiger partial charge in [-0.15, -0.1) is 0 Å². The molecule has 3 atom stereocenters. The second kappa shape index (κ2) is 5.46. The average molecular weight is 357 g/mol. The summed E-state index contributed by atoms with van der Waals surface area (Å²) in [6.07, 6.45) is 3.79. The smallest absolute Gasteiger partial charge is 0.226 e. The van der Waals surface area contributed by atoms with Gasteiger partial charge in [0.25, 0.3) is 0 Å². The van der Waals surface area contributed by atoms with E-state index in [9.17, 15) is 4.79 Å². The number of ether oxygens (including phenoxy) is 3. The van der Waals surface area contributed by atoms with Crippen molar-refractivity contribution in [1.29, 1.82) is 0 Å². The first-order valence-electron chi connectivity index (χ1n) is 9.73. The van der Waals surface area contributed by atoms with Crippen LogP contribution in [0.3, 0.4) is 0 Å². The van der Waals surface area contributed by atoms with Gasteiger partial charge >= 0.3 is 0 Å². The Morgan fingerprint density at radius 1 is 1.31 bits per heavy atom. The van der Waals surface area contributed by atoms with E-state index in [1.165, 1.54) is 11.1 Å². The van der Waals surface area contributed by atoms with Crippen LogP contribution in [0.5, 0.6) is 5.75 Å². The highest BCUT2D eigenvalue weighted by atomic mass is 16.7. The van der Waals surface area contributed by atoms with Gasteiger partial charge < -0.3 is 19.1 Å². The van der Waals surface area contributed by atoms with Crippen molar-refractivity contribution in [3.05, 3.63) is 29.3 Å². The van der Waals surface area contributed by atoms with E-state index in [2.05, 4.69) is 17.0 Å². The number of amides is 1. The fraction of sp³-hybridized carbons (Fsp3) is 0.667. The maximum Gasteiger partial charge on any atom is 0.226 e. The molecule has 3 fully saturated rings. The summed E-state index contributed by atoms with van der Waals surface area (Å²) in [5, 5.41) is 0. The number of methoxy groups -OCH3 is 1.